The van der Waals surface area contributed by atoms with Gasteiger partial charge in [0.05, 0.1) is 7.11 Å². The number of methoxy groups -OCH3 is 1. The molecule has 1 rings (SSSR count). The SMILES string of the molecule is CCCNCC(C)(C)CN(C)Cc1cccc(OC)c1. The van der Waals surface area contributed by atoms with Gasteiger partial charge < -0.3 is 15.0 Å². The molecule has 3 nitrogen and oxygen atoms in total. The van der Waals surface area contributed by atoms with E-state index in [0.29, 0.717) is 0 Å². The van der Waals surface area contributed by atoms with E-state index in [9.17, 15) is 0 Å². The number of nitrogens with one attached hydrogen (secondary N) is 1. The number of ether oxygens (including phenoxy) is 1. The van der Waals surface area contributed by atoms with Crippen LogP contribution in [0.3, 0.4) is 0 Å². The predicted molar refractivity (Wildman–Crippen MR) is 86.3 cm³/mol. The second-order valence-corrected chi connectivity index (χ2v) is 6.36. The Morgan fingerprint density at radius 2 is 2.05 bits per heavy atom. The van der Waals surface area contributed by atoms with Gasteiger partial charge in [-0.15, -0.1) is 0 Å². The topological polar surface area (TPSA) is 24.5 Å². The lowest BCUT2D eigenvalue weighted by Crippen LogP contribution is -2.39. The van der Waals surface area contributed by atoms with E-state index in [1.165, 1.54) is 12.0 Å². The molecule has 0 spiro atoms. The largest absolute Gasteiger partial charge is 0.497 e. The van der Waals surface area contributed by atoms with Crippen LogP contribution in [0.2, 0.25) is 0 Å². The summed E-state index contributed by atoms with van der Waals surface area (Å²) in [6.07, 6.45) is 1.19. The molecule has 0 aliphatic heterocycles. The van der Waals surface area contributed by atoms with Gasteiger partial charge in [-0.3, -0.25) is 0 Å². The predicted octanol–water partition coefficient (Wildman–Crippen LogP) is 3.15. The molecule has 0 bridgehead atoms. The maximum absolute atomic E-state index is 5.27. The fourth-order valence-corrected chi connectivity index (χ4v) is 2.53. The average molecular weight is 278 g/mol. The van der Waals surface area contributed by atoms with Gasteiger partial charge in [-0.05, 0) is 43.1 Å². The molecule has 20 heavy (non-hydrogen) atoms. The molecule has 1 N–H and O–H groups in total. The van der Waals surface area contributed by atoms with E-state index < -0.39 is 0 Å². The van der Waals surface area contributed by atoms with E-state index >= 15 is 0 Å². The molecule has 0 atom stereocenters. The number of hydrogen-bond acceptors (Lipinski definition) is 3. The van der Waals surface area contributed by atoms with Crippen molar-refractivity contribution >= 4 is 0 Å². The summed E-state index contributed by atoms with van der Waals surface area (Å²) in [6, 6.07) is 8.30. The van der Waals surface area contributed by atoms with Gasteiger partial charge in [-0.1, -0.05) is 32.9 Å². The van der Waals surface area contributed by atoms with Crippen LogP contribution in [0, 0.1) is 5.41 Å². The Morgan fingerprint density at radius 1 is 1.30 bits per heavy atom. The Hall–Kier alpha value is -1.06. The van der Waals surface area contributed by atoms with Gasteiger partial charge >= 0.3 is 0 Å². The van der Waals surface area contributed by atoms with Gasteiger partial charge in [-0.2, -0.15) is 0 Å². The first-order chi connectivity index (χ1) is 9.46. The molecule has 0 aliphatic rings. The molecule has 0 saturated carbocycles. The molecular weight excluding hydrogens is 248 g/mol. The minimum Gasteiger partial charge on any atom is -0.497 e. The fourth-order valence-electron chi connectivity index (χ4n) is 2.53. The quantitative estimate of drug-likeness (QED) is 0.702. The lowest BCUT2D eigenvalue weighted by molar-refractivity contribution is 0.198. The van der Waals surface area contributed by atoms with E-state index in [-0.39, 0.29) is 5.41 Å². The minimum absolute atomic E-state index is 0.281. The Balaban J connectivity index is 2.47. The van der Waals surface area contributed by atoms with Crippen molar-refractivity contribution in [3.63, 3.8) is 0 Å². The molecule has 0 amide bonds. The van der Waals surface area contributed by atoms with Crippen LogP contribution >= 0.6 is 0 Å². The van der Waals surface area contributed by atoms with Crippen molar-refractivity contribution < 1.29 is 4.74 Å². The Bertz CT molecular complexity index is 390. The second kappa shape index (κ2) is 8.28. The van der Waals surface area contributed by atoms with E-state index in [0.717, 1.165) is 31.9 Å². The highest BCUT2D eigenvalue weighted by Gasteiger charge is 2.19. The van der Waals surface area contributed by atoms with Crippen LogP contribution in [0.4, 0.5) is 0 Å². The van der Waals surface area contributed by atoms with Crippen LogP contribution in [-0.2, 0) is 6.54 Å². The number of hydrogen-bond donors (Lipinski definition) is 1. The molecule has 1 aromatic rings. The van der Waals surface area contributed by atoms with Crippen molar-refractivity contribution in [3.8, 4) is 5.75 Å². The summed E-state index contributed by atoms with van der Waals surface area (Å²) in [6.45, 7) is 11.0. The van der Waals surface area contributed by atoms with E-state index in [4.69, 9.17) is 4.74 Å². The highest BCUT2D eigenvalue weighted by Crippen LogP contribution is 2.18. The monoisotopic (exact) mass is 278 g/mol. The molecule has 3 heteroatoms. The molecular formula is C17H30N2O. The Labute approximate surface area is 124 Å². The second-order valence-electron chi connectivity index (χ2n) is 6.36. The first-order valence-electron chi connectivity index (χ1n) is 7.49. The standard InChI is InChI=1S/C17H30N2O/c1-6-10-18-13-17(2,3)14-19(4)12-15-8-7-9-16(11-15)20-5/h7-9,11,18H,6,10,12-14H2,1-5H3. The average Bonchev–Trinajstić information content (AvgIpc) is 2.38. The van der Waals surface area contributed by atoms with Gasteiger partial charge in [-0.25, -0.2) is 0 Å². The van der Waals surface area contributed by atoms with Crippen LogP contribution < -0.4 is 10.1 Å². The van der Waals surface area contributed by atoms with Crippen molar-refractivity contribution in [1.29, 1.82) is 0 Å². The third kappa shape index (κ3) is 6.40. The zero-order valence-electron chi connectivity index (χ0n) is 13.7. The zero-order valence-corrected chi connectivity index (χ0v) is 13.7. The number of nitrogens with zero attached hydrogens (tertiary/aromatic N) is 1. The number of rotatable bonds is 9. The van der Waals surface area contributed by atoms with Crippen molar-refractivity contribution in [1.82, 2.24) is 10.2 Å². The van der Waals surface area contributed by atoms with Crippen LogP contribution in [0.5, 0.6) is 5.75 Å². The molecule has 0 radical (unpaired) electrons. The fraction of sp³-hybridized carbons (Fsp3) is 0.647. The minimum atomic E-state index is 0.281. The third-order valence-corrected chi connectivity index (χ3v) is 3.31. The normalized spacial score (nSPS) is 11.9. The highest BCUT2D eigenvalue weighted by molar-refractivity contribution is 5.28. The summed E-state index contributed by atoms with van der Waals surface area (Å²) in [5.41, 5.74) is 1.58. The van der Waals surface area contributed by atoms with Gasteiger partial charge in [0.1, 0.15) is 5.75 Å². The lowest BCUT2D eigenvalue weighted by atomic mass is 9.92. The smallest absolute Gasteiger partial charge is 0.119 e. The number of benzene rings is 1. The lowest BCUT2D eigenvalue weighted by Gasteiger charge is -2.30. The van der Waals surface area contributed by atoms with Crippen LogP contribution in [0.25, 0.3) is 0 Å². The van der Waals surface area contributed by atoms with Crippen molar-refractivity contribution in [2.45, 2.75) is 33.7 Å². The van der Waals surface area contributed by atoms with E-state index in [1.54, 1.807) is 7.11 Å². The molecule has 0 fully saturated rings. The Kier molecular flexibility index (Phi) is 7.03. The first-order valence-corrected chi connectivity index (χ1v) is 7.49. The first kappa shape index (κ1) is 17.0. The maximum atomic E-state index is 5.27. The van der Waals surface area contributed by atoms with Gasteiger partial charge in [0, 0.05) is 19.6 Å². The van der Waals surface area contributed by atoms with Crippen LogP contribution in [0.15, 0.2) is 24.3 Å². The van der Waals surface area contributed by atoms with Crippen LogP contribution in [0.1, 0.15) is 32.8 Å². The molecule has 0 aliphatic carbocycles. The third-order valence-electron chi connectivity index (χ3n) is 3.31. The van der Waals surface area contributed by atoms with E-state index in [1.807, 2.05) is 6.07 Å². The summed E-state index contributed by atoms with van der Waals surface area (Å²) >= 11 is 0. The van der Waals surface area contributed by atoms with Gasteiger partial charge in [0.15, 0.2) is 0 Å². The highest BCUT2D eigenvalue weighted by atomic mass is 16.5. The molecule has 0 saturated heterocycles. The summed E-state index contributed by atoms with van der Waals surface area (Å²) in [7, 11) is 3.90. The summed E-state index contributed by atoms with van der Waals surface area (Å²) in [5.74, 6) is 0.930. The summed E-state index contributed by atoms with van der Waals surface area (Å²) in [4.78, 5) is 2.38. The van der Waals surface area contributed by atoms with E-state index in [2.05, 4.69) is 56.2 Å². The molecule has 114 valence electrons. The maximum Gasteiger partial charge on any atom is 0.119 e. The summed E-state index contributed by atoms with van der Waals surface area (Å²) < 4.78 is 5.27. The van der Waals surface area contributed by atoms with Gasteiger partial charge in [0.2, 0.25) is 0 Å². The molecule has 0 aromatic heterocycles. The van der Waals surface area contributed by atoms with Crippen molar-refractivity contribution in [2.75, 3.05) is 33.8 Å². The van der Waals surface area contributed by atoms with Gasteiger partial charge in [0.25, 0.3) is 0 Å². The molecule has 1 aromatic carbocycles. The van der Waals surface area contributed by atoms with Crippen LogP contribution in [-0.4, -0.2) is 38.7 Å². The zero-order chi connectivity index (χ0) is 15.0. The molecule has 0 heterocycles. The summed E-state index contributed by atoms with van der Waals surface area (Å²) in [5, 5.41) is 3.52. The Morgan fingerprint density at radius 3 is 2.70 bits per heavy atom. The molecule has 0 unspecified atom stereocenters. The van der Waals surface area contributed by atoms with Crippen molar-refractivity contribution in [2.24, 2.45) is 5.41 Å². The van der Waals surface area contributed by atoms with Crippen molar-refractivity contribution in [3.05, 3.63) is 29.8 Å².